The number of amides is 3. The lowest BCUT2D eigenvalue weighted by Gasteiger charge is -2.29. The van der Waals surface area contributed by atoms with E-state index in [0.717, 1.165) is 19.3 Å². The van der Waals surface area contributed by atoms with E-state index in [0.29, 0.717) is 42.2 Å². The molecule has 1 aliphatic heterocycles. The van der Waals surface area contributed by atoms with Crippen LogP contribution in [0.15, 0.2) is 18.2 Å². The van der Waals surface area contributed by atoms with Crippen molar-refractivity contribution < 1.29 is 19.1 Å². The van der Waals surface area contributed by atoms with Gasteiger partial charge in [0.2, 0.25) is 0 Å². The summed E-state index contributed by atoms with van der Waals surface area (Å²) in [6.45, 7) is 2.97. The Morgan fingerprint density at radius 1 is 1.19 bits per heavy atom. The van der Waals surface area contributed by atoms with Crippen molar-refractivity contribution >= 4 is 17.7 Å². The second-order valence-electron chi connectivity index (χ2n) is 7.21. The maximum atomic E-state index is 12.6. The van der Waals surface area contributed by atoms with Crippen LogP contribution in [0, 0.1) is 5.92 Å². The van der Waals surface area contributed by atoms with Crippen LogP contribution in [0.1, 0.15) is 70.1 Å². The molecule has 1 aliphatic carbocycles. The quantitative estimate of drug-likeness (QED) is 0.626. The van der Waals surface area contributed by atoms with Gasteiger partial charge in [0.05, 0.1) is 11.1 Å². The van der Waals surface area contributed by atoms with E-state index in [4.69, 9.17) is 4.74 Å². The van der Waals surface area contributed by atoms with Gasteiger partial charge in [-0.2, -0.15) is 0 Å². The molecule has 1 N–H and O–H groups in total. The molecule has 140 valence electrons. The van der Waals surface area contributed by atoms with Gasteiger partial charge in [-0.05, 0) is 43.4 Å². The summed E-state index contributed by atoms with van der Waals surface area (Å²) in [5, 5.41) is 3.09. The second-order valence-corrected chi connectivity index (χ2v) is 7.21. The zero-order valence-electron chi connectivity index (χ0n) is 15.4. The highest BCUT2D eigenvalue weighted by molar-refractivity contribution is 6.22. The molecule has 0 aromatic heterocycles. The minimum Gasteiger partial charge on any atom is -0.385 e. The monoisotopic (exact) mass is 358 g/mol. The minimum atomic E-state index is -0.332. The van der Waals surface area contributed by atoms with E-state index in [2.05, 4.69) is 12.2 Å². The van der Waals surface area contributed by atoms with Gasteiger partial charge >= 0.3 is 0 Å². The number of imide groups is 1. The van der Waals surface area contributed by atoms with Crippen molar-refractivity contribution in [1.29, 1.82) is 0 Å². The first-order valence-corrected chi connectivity index (χ1v) is 9.33. The summed E-state index contributed by atoms with van der Waals surface area (Å²) in [7, 11) is 1.58. The number of nitrogens with one attached hydrogen (secondary N) is 1. The van der Waals surface area contributed by atoms with Gasteiger partial charge in [-0.25, -0.2) is 0 Å². The number of benzene rings is 1. The summed E-state index contributed by atoms with van der Waals surface area (Å²) in [6, 6.07) is 4.94. The summed E-state index contributed by atoms with van der Waals surface area (Å²) in [5.74, 6) is -0.345. The Balaban J connectivity index is 1.72. The van der Waals surface area contributed by atoms with Gasteiger partial charge in [-0.15, -0.1) is 0 Å². The van der Waals surface area contributed by atoms with E-state index in [1.54, 1.807) is 25.3 Å². The topological polar surface area (TPSA) is 75.7 Å². The maximum absolute atomic E-state index is 12.6. The van der Waals surface area contributed by atoms with Crippen LogP contribution in [0.5, 0.6) is 0 Å². The third-order valence-corrected chi connectivity index (χ3v) is 5.39. The molecule has 0 bridgehead atoms. The molecule has 1 fully saturated rings. The summed E-state index contributed by atoms with van der Waals surface area (Å²) in [6.07, 6.45) is 5.04. The van der Waals surface area contributed by atoms with Crippen LogP contribution in [0.3, 0.4) is 0 Å². The lowest BCUT2D eigenvalue weighted by atomic mass is 9.86. The van der Waals surface area contributed by atoms with Gasteiger partial charge in [0.25, 0.3) is 17.7 Å². The van der Waals surface area contributed by atoms with Crippen molar-refractivity contribution in [1.82, 2.24) is 10.2 Å². The second kappa shape index (κ2) is 7.99. The summed E-state index contributed by atoms with van der Waals surface area (Å²) in [4.78, 5) is 38.8. The Labute approximate surface area is 153 Å². The van der Waals surface area contributed by atoms with Gasteiger partial charge in [-0.1, -0.05) is 19.8 Å². The summed E-state index contributed by atoms with van der Waals surface area (Å²) in [5.41, 5.74) is 1.12. The van der Waals surface area contributed by atoms with Crippen LogP contribution >= 0.6 is 0 Å². The third-order valence-electron chi connectivity index (χ3n) is 5.39. The number of ether oxygens (including phenoxy) is 1. The molecule has 2 aliphatic rings. The van der Waals surface area contributed by atoms with Gasteiger partial charge in [-0.3, -0.25) is 19.3 Å². The molecule has 2 atom stereocenters. The van der Waals surface area contributed by atoms with Crippen LogP contribution in [0.25, 0.3) is 0 Å². The number of hydrogen-bond donors (Lipinski definition) is 1. The molecule has 26 heavy (non-hydrogen) atoms. The molecular formula is C20H26N2O4. The fraction of sp³-hybridized carbons (Fsp3) is 0.550. The summed E-state index contributed by atoms with van der Waals surface area (Å²) < 4.78 is 4.98. The van der Waals surface area contributed by atoms with E-state index in [1.807, 2.05) is 0 Å². The van der Waals surface area contributed by atoms with Gasteiger partial charge in [0, 0.05) is 31.9 Å². The lowest BCUT2D eigenvalue weighted by Crippen LogP contribution is -2.41. The minimum absolute atomic E-state index is 0.174. The zero-order chi connectivity index (χ0) is 18.7. The van der Waals surface area contributed by atoms with Crippen molar-refractivity contribution in [3.8, 4) is 0 Å². The van der Waals surface area contributed by atoms with Crippen LogP contribution in [-0.2, 0) is 4.74 Å². The zero-order valence-corrected chi connectivity index (χ0v) is 15.4. The van der Waals surface area contributed by atoms with E-state index >= 15 is 0 Å². The number of nitrogens with zero attached hydrogens (tertiary/aromatic N) is 1. The number of hydrogen-bond acceptors (Lipinski definition) is 4. The van der Waals surface area contributed by atoms with Crippen molar-refractivity contribution in [2.75, 3.05) is 20.3 Å². The number of carbonyl (C=O) groups is 3. The van der Waals surface area contributed by atoms with E-state index in [-0.39, 0.29) is 23.8 Å². The summed E-state index contributed by atoms with van der Waals surface area (Å²) >= 11 is 0. The SMILES string of the molecule is COCCCN1C(=O)c2ccc(C(=O)N[C@H]3CCCC[C@H]3C)cc2C1=O. The molecule has 1 aromatic carbocycles. The Morgan fingerprint density at radius 2 is 1.92 bits per heavy atom. The van der Waals surface area contributed by atoms with Crippen molar-refractivity contribution in [3.63, 3.8) is 0 Å². The predicted molar refractivity (Wildman–Crippen MR) is 97.2 cm³/mol. The normalized spacial score (nSPS) is 22.5. The Kier molecular flexibility index (Phi) is 5.71. The number of fused-ring (bicyclic) bond motifs is 1. The standard InChI is InChI=1S/C20H26N2O4/c1-13-6-3-4-7-17(13)21-18(23)14-8-9-15-16(12-14)20(25)22(19(15)24)10-5-11-26-2/h8-9,12-13,17H,3-7,10-11H2,1-2H3,(H,21,23)/t13-,17+/m1/s1. The van der Waals surface area contributed by atoms with E-state index in [1.165, 1.54) is 11.3 Å². The molecule has 0 unspecified atom stereocenters. The molecule has 0 spiro atoms. The van der Waals surface area contributed by atoms with Crippen LogP contribution < -0.4 is 5.32 Å². The first-order valence-electron chi connectivity index (χ1n) is 9.33. The number of carbonyl (C=O) groups excluding carboxylic acids is 3. The first-order chi connectivity index (χ1) is 12.5. The fourth-order valence-corrected chi connectivity index (χ4v) is 3.78. The number of methoxy groups -OCH3 is 1. The largest absolute Gasteiger partial charge is 0.385 e. The molecule has 3 rings (SSSR count). The molecule has 1 heterocycles. The highest BCUT2D eigenvalue weighted by Gasteiger charge is 2.35. The van der Waals surface area contributed by atoms with E-state index in [9.17, 15) is 14.4 Å². The molecule has 1 saturated carbocycles. The predicted octanol–water partition coefficient (Wildman–Crippen LogP) is 2.63. The fourth-order valence-electron chi connectivity index (χ4n) is 3.78. The van der Waals surface area contributed by atoms with E-state index < -0.39 is 0 Å². The molecule has 3 amide bonds. The Hall–Kier alpha value is -2.21. The lowest BCUT2D eigenvalue weighted by molar-refractivity contribution is 0.0638. The highest BCUT2D eigenvalue weighted by Crippen LogP contribution is 2.26. The van der Waals surface area contributed by atoms with Crippen LogP contribution in [0.4, 0.5) is 0 Å². The highest BCUT2D eigenvalue weighted by atomic mass is 16.5. The number of rotatable bonds is 6. The molecule has 0 radical (unpaired) electrons. The molecule has 6 nitrogen and oxygen atoms in total. The van der Waals surface area contributed by atoms with Crippen LogP contribution in [0.2, 0.25) is 0 Å². The van der Waals surface area contributed by atoms with Crippen molar-refractivity contribution in [2.45, 2.75) is 45.1 Å². The van der Waals surface area contributed by atoms with Gasteiger partial charge < -0.3 is 10.1 Å². The molecule has 6 heteroatoms. The average molecular weight is 358 g/mol. The van der Waals surface area contributed by atoms with Gasteiger partial charge in [0.15, 0.2) is 0 Å². The Bertz CT molecular complexity index is 716. The Morgan fingerprint density at radius 3 is 2.65 bits per heavy atom. The maximum Gasteiger partial charge on any atom is 0.261 e. The molecule has 1 aromatic rings. The molecule has 0 saturated heterocycles. The first kappa shape index (κ1) is 18.6. The third kappa shape index (κ3) is 3.65. The van der Waals surface area contributed by atoms with Crippen LogP contribution in [-0.4, -0.2) is 48.9 Å². The smallest absolute Gasteiger partial charge is 0.261 e. The van der Waals surface area contributed by atoms with Gasteiger partial charge in [0.1, 0.15) is 0 Å². The van der Waals surface area contributed by atoms with Crippen molar-refractivity contribution in [3.05, 3.63) is 34.9 Å². The molecular weight excluding hydrogens is 332 g/mol. The van der Waals surface area contributed by atoms with Crippen molar-refractivity contribution in [2.24, 2.45) is 5.92 Å². The average Bonchev–Trinajstić information content (AvgIpc) is 2.88.